The van der Waals surface area contributed by atoms with Gasteiger partial charge in [-0.15, -0.1) is 0 Å². The van der Waals surface area contributed by atoms with Gasteiger partial charge in [0.1, 0.15) is 0 Å². The Bertz CT molecular complexity index is 592. The van der Waals surface area contributed by atoms with Crippen LogP contribution in [0.1, 0.15) is 18.4 Å². The molecule has 0 saturated carbocycles. The molecule has 1 aromatic rings. The van der Waals surface area contributed by atoms with Crippen molar-refractivity contribution in [3.8, 4) is 0 Å². The minimum Gasteiger partial charge on any atom is -0.384 e. The maximum Gasteiger partial charge on any atom is 0.243 e. The van der Waals surface area contributed by atoms with Crippen LogP contribution in [0.3, 0.4) is 0 Å². The molecule has 0 aromatic heterocycles. The SMILES string of the molecule is COC1CCN(S(=O)(=O)c2ccc3c(c2)NCC3)CC1. The summed E-state index contributed by atoms with van der Waals surface area (Å²) in [6.45, 7) is 1.95. The van der Waals surface area contributed by atoms with Crippen molar-refractivity contribution in [3.05, 3.63) is 23.8 Å². The average Bonchev–Trinajstić information content (AvgIpc) is 2.94. The fourth-order valence-corrected chi connectivity index (χ4v) is 4.38. The van der Waals surface area contributed by atoms with Crippen molar-refractivity contribution in [1.29, 1.82) is 0 Å². The highest BCUT2D eigenvalue weighted by atomic mass is 32.2. The van der Waals surface area contributed by atoms with Crippen molar-refractivity contribution in [2.75, 3.05) is 32.1 Å². The van der Waals surface area contributed by atoms with Gasteiger partial charge in [0.25, 0.3) is 0 Å². The lowest BCUT2D eigenvalue weighted by molar-refractivity contribution is 0.0604. The normalized spacial score (nSPS) is 20.6. The summed E-state index contributed by atoms with van der Waals surface area (Å²) in [5, 5.41) is 3.23. The molecule has 3 rings (SSSR count). The van der Waals surface area contributed by atoms with E-state index in [1.165, 1.54) is 5.56 Å². The number of anilines is 1. The van der Waals surface area contributed by atoms with Crippen molar-refractivity contribution >= 4 is 15.7 Å². The first-order chi connectivity index (χ1) is 9.61. The molecule has 0 atom stereocenters. The number of fused-ring (bicyclic) bond motifs is 1. The van der Waals surface area contributed by atoms with Crippen LogP contribution in [-0.2, 0) is 21.2 Å². The van der Waals surface area contributed by atoms with Gasteiger partial charge in [0.05, 0.1) is 11.0 Å². The number of piperidine rings is 1. The summed E-state index contributed by atoms with van der Waals surface area (Å²) >= 11 is 0. The highest BCUT2D eigenvalue weighted by Gasteiger charge is 2.30. The van der Waals surface area contributed by atoms with Gasteiger partial charge in [0, 0.05) is 32.4 Å². The highest BCUT2D eigenvalue weighted by Crippen LogP contribution is 2.28. The lowest BCUT2D eigenvalue weighted by Gasteiger charge is -2.30. The minimum atomic E-state index is -3.38. The number of nitrogens with zero attached hydrogens (tertiary/aromatic N) is 1. The lowest BCUT2D eigenvalue weighted by Crippen LogP contribution is -2.40. The second kappa shape index (κ2) is 5.35. The van der Waals surface area contributed by atoms with Crippen LogP contribution in [0.5, 0.6) is 0 Å². The Morgan fingerprint density at radius 3 is 2.75 bits per heavy atom. The zero-order valence-corrected chi connectivity index (χ0v) is 12.4. The van der Waals surface area contributed by atoms with Crippen molar-refractivity contribution in [1.82, 2.24) is 4.31 Å². The summed E-state index contributed by atoms with van der Waals surface area (Å²) in [6.07, 6.45) is 2.68. The molecule has 1 aromatic carbocycles. The fourth-order valence-electron chi connectivity index (χ4n) is 2.89. The first-order valence-electron chi connectivity index (χ1n) is 7.01. The van der Waals surface area contributed by atoms with Crippen LogP contribution in [0.15, 0.2) is 23.1 Å². The molecule has 110 valence electrons. The summed E-state index contributed by atoms with van der Waals surface area (Å²) < 4.78 is 32.1. The zero-order chi connectivity index (χ0) is 14.2. The Morgan fingerprint density at radius 2 is 2.05 bits per heavy atom. The van der Waals surface area contributed by atoms with E-state index in [1.54, 1.807) is 23.5 Å². The number of ether oxygens (including phenoxy) is 1. The summed E-state index contributed by atoms with van der Waals surface area (Å²) in [7, 11) is -1.70. The number of nitrogens with one attached hydrogen (secondary N) is 1. The Hall–Kier alpha value is -1.11. The average molecular weight is 296 g/mol. The second-order valence-electron chi connectivity index (χ2n) is 5.33. The molecule has 0 amide bonds. The highest BCUT2D eigenvalue weighted by molar-refractivity contribution is 7.89. The quantitative estimate of drug-likeness (QED) is 0.917. The van der Waals surface area contributed by atoms with Crippen molar-refractivity contribution in [2.24, 2.45) is 0 Å². The summed E-state index contributed by atoms with van der Waals surface area (Å²) in [5.41, 5.74) is 2.15. The van der Waals surface area contributed by atoms with E-state index >= 15 is 0 Å². The summed E-state index contributed by atoms with van der Waals surface area (Å²) in [4.78, 5) is 0.390. The lowest BCUT2D eigenvalue weighted by atomic mass is 10.1. The molecule has 0 bridgehead atoms. The van der Waals surface area contributed by atoms with Gasteiger partial charge in [0.15, 0.2) is 0 Å². The molecule has 0 radical (unpaired) electrons. The van der Waals surface area contributed by atoms with E-state index in [0.717, 1.165) is 31.5 Å². The van der Waals surface area contributed by atoms with Gasteiger partial charge in [-0.05, 0) is 37.0 Å². The Balaban J connectivity index is 1.82. The molecule has 6 heteroatoms. The first kappa shape index (κ1) is 13.9. The summed E-state index contributed by atoms with van der Waals surface area (Å²) in [6, 6.07) is 5.41. The number of benzene rings is 1. The Morgan fingerprint density at radius 1 is 1.30 bits per heavy atom. The van der Waals surface area contributed by atoms with Crippen LogP contribution in [0.2, 0.25) is 0 Å². The van der Waals surface area contributed by atoms with Gasteiger partial charge in [-0.1, -0.05) is 6.07 Å². The van der Waals surface area contributed by atoms with Gasteiger partial charge in [-0.25, -0.2) is 8.42 Å². The molecule has 1 fully saturated rings. The zero-order valence-electron chi connectivity index (χ0n) is 11.6. The fraction of sp³-hybridized carbons (Fsp3) is 0.571. The molecule has 1 saturated heterocycles. The summed E-state index contributed by atoms with van der Waals surface area (Å²) in [5.74, 6) is 0. The molecular formula is C14H20N2O3S. The van der Waals surface area contributed by atoms with Crippen LogP contribution in [-0.4, -0.2) is 45.6 Å². The van der Waals surface area contributed by atoms with Crippen molar-refractivity contribution in [3.63, 3.8) is 0 Å². The number of hydrogen-bond acceptors (Lipinski definition) is 4. The molecule has 2 aliphatic heterocycles. The molecule has 5 nitrogen and oxygen atoms in total. The molecule has 0 unspecified atom stereocenters. The van der Waals surface area contributed by atoms with Crippen LogP contribution >= 0.6 is 0 Å². The van der Waals surface area contributed by atoms with Crippen molar-refractivity contribution < 1.29 is 13.2 Å². The van der Waals surface area contributed by atoms with Gasteiger partial charge in [0.2, 0.25) is 10.0 Å². The number of methoxy groups -OCH3 is 1. The smallest absolute Gasteiger partial charge is 0.243 e. The van der Waals surface area contributed by atoms with E-state index in [2.05, 4.69) is 5.32 Å². The molecular weight excluding hydrogens is 276 g/mol. The Labute approximate surface area is 120 Å². The van der Waals surface area contributed by atoms with Gasteiger partial charge in [-0.3, -0.25) is 0 Å². The molecule has 0 spiro atoms. The van der Waals surface area contributed by atoms with E-state index in [4.69, 9.17) is 4.74 Å². The monoisotopic (exact) mass is 296 g/mol. The minimum absolute atomic E-state index is 0.183. The van der Waals surface area contributed by atoms with Gasteiger partial charge >= 0.3 is 0 Å². The van der Waals surface area contributed by atoms with Crippen LogP contribution in [0, 0.1) is 0 Å². The van der Waals surface area contributed by atoms with E-state index in [9.17, 15) is 8.42 Å². The first-order valence-corrected chi connectivity index (χ1v) is 8.45. The molecule has 1 N–H and O–H groups in total. The standard InChI is InChI=1S/C14H20N2O3S/c1-19-12-5-8-16(9-6-12)20(17,18)13-3-2-11-4-7-15-14(11)10-13/h2-3,10,12,15H,4-9H2,1H3. The third-order valence-electron chi connectivity index (χ3n) is 4.16. The molecule has 2 heterocycles. The predicted octanol–water partition coefficient (Wildman–Crippen LogP) is 1.45. The van der Waals surface area contributed by atoms with E-state index in [-0.39, 0.29) is 6.10 Å². The third kappa shape index (κ3) is 2.43. The molecule has 2 aliphatic rings. The van der Waals surface area contributed by atoms with E-state index in [1.807, 2.05) is 6.07 Å². The predicted molar refractivity (Wildman–Crippen MR) is 77.4 cm³/mol. The maximum atomic E-state index is 12.6. The van der Waals surface area contributed by atoms with Gasteiger partial charge in [-0.2, -0.15) is 4.31 Å². The van der Waals surface area contributed by atoms with Crippen LogP contribution in [0.4, 0.5) is 5.69 Å². The number of hydrogen-bond donors (Lipinski definition) is 1. The van der Waals surface area contributed by atoms with Crippen LogP contribution < -0.4 is 5.32 Å². The van der Waals surface area contributed by atoms with E-state index in [0.29, 0.717) is 18.0 Å². The largest absolute Gasteiger partial charge is 0.384 e. The van der Waals surface area contributed by atoms with E-state index < -0.39 is 10.0 Å². The van der Waals surface area contributed by atoms with Crippen LogP contribution in [0.25, 0.3) is 0 Å². The number of sulfonamides is 1. The third-order valence-corrected chi connectivity index (χ3v) is 6.06. The van der Waals surface area contributed by atoms with Crippen molar-refractivity contribution in [2.45, 2.75) is 30.3 Å². The maximum absolute atomic E-state index is 12.6. The number of rotatable bonds is 3. The topological polar surface area (TPSA) is 58.6 Å². The molecule has 0 aliphatic carbocycles. The van der Waals surface area contributed by atoms with Gasteiger partial charge < -0.3 is 10.1 Å². The molecule has 20 heavy (non-hydrogen) atoms. The second-order valence-corrected chi connectivity index (χ2v) is 7.27. The Kier molecular flexibility index (Phi) is 3.70.